The quantitative estimate of drug-likeness (QED) is 0.835. The molecule has 0 aromatic carbocycles. The van der Waals surface area contributed by atoms with Crippen molar-refractivity contribution in [2.75, 3.05) is 14.2 Å². The van der Waals surface area contributed by atoms with Gasteiger partial charge in [-0.1, -0.05) is 0 Å². The normalized spacial score (nSPS) is 11.1. The second kappa shape index (κ2) is 5.74. The van der Waals surface area contributed by atoms with Gasteiger partial charge in [0.25, 0.3) is 0 Å². The number of carbonyl (C=O) groups excluding carboxylic acids is 1. The topological polar surface area (TPSA) is 83.7 Å². The van der Waals surface area contributed by atoms with Crippen molar-refractivity contribution in [1.29, 1.82) is 0 Å². The van der Waals surface area contributed by atoms with Gasteiger partial charge in [0, 0.05) is 12.1 Å². The molecule has 1 heterocycles. The highest BCUT2D eigenvalue weighted by Crippen LogP contribution is 2.29. The Balaban J connectivity index is 3.35. The molecule has 0 spiro atoms. The molecule has 6 nitrogen and oxygen atoms in total. The second-order valence-electron chi connectivity index (χ2n) is 3.25. The molecule has 2 N–H and O–H groups in total. The van der Waals surface area contributed by atoms with Crippen molar-refractivity contribution >= 4 is 5.97 Å². The third-order valence-electron chi connectivity index (χ3n) is 2.06. The molecule has 1 aromatic heterocycles. The predicted molar refractivity (Wildman–Crippen MR) is 56.7 cm³/mol. The highest BCUT2D eigenvalue weighted by Gasteiger charge is 2.34. The van der Waals surface area contributed by atoms with Gasteiger partial charge in [-0.05, 0) is 6.07 Å². The first-order chi connectivity index (χ1) is 8.82. The lowest BCUT2D eigenvalue weighted by atomic mass is 10.2. The maximum absolute atomic E-state index is 12.2. The second-order valence-corrected chi connectivity index (χ2v) is 3.25. The zero-order chi connectivity index (χ0) is 14.6. The molecule has 0 unspecified atom stereocenters. The van der Waals surface area contributed by atoms with Crippen LogP contribution < -0.4 is 15.2 Å². The molecule has 1 rings (SSSR count). The highest BCUT2D eigenvalue weighted by molar-refractivity contribution is 5.92. The molecule has 0 bridgehead atoms. The zero-order valence-corrected chi connectivity index (χ0v) is 10.1. The number of hydrogen-bond donors (Lipinski definition) is 1. The van der Waals surface area contributed by atoms with Gasteiger partial charge in [-0.2, -0.15) is 4.98 Å². The molecule has 0 atom stereocenters. The molecule has 0 amide bonds. The van der Waals surface area contributed by atoms with E-state index in [-0.39, 0.29) is 18.0 Å². The summed E-state index contributed by atoms with van der Waals surface area (Å²) in [7, 11) is 2.22. The first kappa shape index (κ1) is 15.0. The predicted octanol–water partition coefficient (Wildman–Crippen LogP) is 1.23. The van der Waals surface area contributed by atoms with Crippen LogP contribution in [0.15, 0.2) is 6.07 Å². The first-order valence-corrected chi connectivity index (χ1v) is 4.94. The maximum Gasteiger partial charge on any atom is 0.574 e. The van der Waals surface area contributed by atoms with E-state index in [2.05, 4.69) is 14.5 Å². The van der Waals surface area contributed by atoms with Crippen LogP contribution in [0.5, 0.6) is 11.8 Å². The van der Waals surface area contributed by atoms with E-state index in [9.17, 15) is 18.0 Å². The molecule has 0 saturated heterocycles. The monoisotopic (exact) mass is 280 g/mol. The minimum atomic E-state index is -5.00. The third kappa shape index (κ3) is 3.71. The summed E-state index contributed by atoms with van der Waals surface area (Å²) in [6.07, 6.45) is -5.00. The van der Waals surface area contributed by atoms with E-state index in [0.29, 0.717) is 0 Å². The van der Waals surface area contributed by atoms with E-state index in [1.165, 1.54) is 7.11 Å². The molecule has 106 valence electrons. The summed E-state index contributed by atoms with van der Waals surface area (Å²) in [5.41, 5.74) is 5.14. The number of ether oxygens (including phenoxy) is 3. The number of halogens is 3. The Morgan fingerprint density at radius 3 is 2.42 bits per heavy atom. The summed E-state index contributed by atoms with van der Waals surface area (Å²) in [5, 5.41) is 0. The fraction of sp³-hybridized carbons (Fsp3) is 0.400. The Kier molecular flexibility index (Phi) is 4.54. The van der Waals surface area contributed by atoms with E-state index in [0.717, 1.165) is 13.2 Å². The van der Waals surface area contributed by atoms with E-state index < -0.39 is 23.8 Å². The Morgan fingerprint density at radius 2 is 2.00 bits per heavy atom. The number of nitrogens with two attached hydrogens (primary N) is 1. The van der Waals surface area contributed by atoms with Crippen LogP contribution in [0.2, 0.25) is 0 Å². The molecule has 0 radical (unpaired) electrons. The Labute approximate surface area is 106 Å². The molecule has 0 aliphatic rings. The van der Waals surface area contributed by atoms with Gasteiger partial charge < -0.3 is 19.9 Å². The van der Waals surface area contributed by atoms with Crippen LogP contribution in [0.25, 0.3) is 0 Å². The fourth-order valence-electron chi connectivity index (χ4n) is 1.29. The van der Waals surface area contributed by atoms with E-state index >= 15 is 0 Å². The lowest BCUT2D eigenvalue weighted by Crippen LogP contribution is -2.21. The Morgan fingerprint density at radius 1 is 1.37 bits per heavy atom. The van der Waals surface area contributed by atoms with Gasteiger partial charge in [-0.15, -0.1) is 13.2 Å². The van der Waals surface area contributed by atoms with Crippen molar-refractivity contribution < 1.29 is 32.2 Å². The number of hydrogen-bond acceptors (Lipinski definition) is 6. The number of esters is 1. The van der Waals surface area contributed by atoms with Gasteiger partial charge >= 0.3 is 12.3 Å². The molecule has 9 heteroatoms. The van der Waals surface area contributed by atoms with E-state index in [1.54, 1.807) is 0 Å². The van der Waals surface area contributed by atoms with Crippen molar-refractivity contribution in [2.24, 2.45) is 5.73 Å². The van der Waals surface area contributed by atoms with Crippen molar-refractivity contribution in [1.82, 2.24) is 4.98 Å². The maximum atomic E-state index is 12.2. The number of pyridine rings is 1. The van der Waals surface area contributed by atoms with Crippen LogP contribution >= 0.6 is 0 Å². The molecule has 0 saturated carbocycles. The van der Waals surface area contributed by atoms with Crippen LogP contribution in [0.4, 0.5) is 13.2 Å². The molecular weight excluding hydrogens is 269 g/mol. The molecule has 0 aliphatic heterocycles. The average molecular weight is 280 g/mol. The largest absolute Gasteiger partial charge is 0.574 e. The van der Waals surface area contributed by atoms with Crippen molar-refractivity contribution in [3.05, 3.63) is 17.2 Å². The van der Waals surface area contributed by atoms with Crippen LogP contribution in [0, 0.1) is 0 Å². The van der Waals surface area contributed by atoms with Gasteiger partial charge in [0.1, 0.15) is 5.56 Å². The number of aromatic nitrogens is 1. The van der Waals surface area contributed by atoms with Gasteiger partial charge in [-0.3, -0.25) is 0 Å². The lowest BCUT2D eigenvalue weighted by Gasteiger charge is -2.14. The fourth-order valence-corrected chi connectivity index (χ4v) is 1.29. The SMILES string of the molecule is COC(=O)c1cc(CN)c(OC)nc1OC(F)(F)F. The summed E-state index contributed by atoms with van der Waals surface area (Å²) >= 11 is 0. The lowest BCUT2D eigenvalue weighted by molar-refractivity contribution is -0.276. The van der Waals surface area contributed by atoms with E-state index in [1.807, 2.05) is 0 Å². The highest BCUT2D eigenvalue weighted by atomic mass is 19.4. The summed E-state index contributed by atoms with van der Waals surface area (Å²) in [6.45, 7) is -0.0769. The van der Waals surface area contributed by atoms with Crippen molar-refractivity contribution in [3.63, 3.8) is 0 Å². The molecular formula is C10H11F3N2O4. The smallest absolute Gasteiger partial charge is 0.481 e. The van der Waals surface area contributed by atoms with Crippen LogP contribution in [0.3, 0.4) is 0 Å². The molecule has 0 aliphatic carbocycles. The van der Waals surface area contributed by atoms with Crippen LogP contribution in [0.1, 0.15) is 15.9 Å². The van der Waals surface area contributed by atoms with Crippen LogP contribution in [-0.2, 0) is 11.3 Å². The van der Waals surface area contributed by atoms with Gasteiger partial charge in [-0.25, -0.2) is 4.79 Å². The zero-order valence-electron chi connectivity index (χ0n) is 10.1. The van der Waals surface area contributed by atoms with Gasteiger partial charge in [0.15, 0.2) is 0 Å². The molecule has 19 heavy (non-hydrogen) atoms. The number of alkyl halides is 3. The molecule has 0 fully saturated rings. The van der Waals surface area contributed by atoms with Crippen molar-refractivity contribution in [3.8, 4) is 11.8 Å². The number of methoxy groups -OCH3 is 2. The minimum Gasteiger partial charge on any atom is -0.481 e. The van der Waals surface area contributed by atoms with Crippen molar-refractivity contribution in [2.45, 2.75) is 12.9 Å². The number of carbonyl (C=O) groups is 1. The standard InChI is InChI=1S/C10H11F3N2O4/c1-17-7-5(4-14)3-6(9(16)18-2)8(15-7)19-10(11,12)13/h3H,4,14H2,1-2H3. The number of nitrogens with zero attached hydrogens (tertiary/aromatic N) is 1. The van der Waals surface area contributed by atoms with Gasteiger partial charge in [0.05, 0.1) is 14.2 Å². The Bertz CT molecular complexity index is 477. The summed E-state index contributed by atoms with van der Waals surface area (Å²) < 4.78 is 49.5. The molecule has 1 aromatic rings. The minimum absolute atomic E-state index is 0.0769. The van der Waals surface area contributed by atoms with E-state index in [4.69, 9.17) is 10.5 Å². The van der Waals surface area contributed by atoms with Gasteiger partial charge in [0.2, 0.25) is 11.8 Å². The van der Waals surface area contributed by atoms with Crippen LogP contribution in [-0.4, -0.2) is 31.5 Å². The first-order valence-electron chi connectivity index (χ1n) is 4.94. The summed E-state index contributed by atoms with van der Waals surface area (Å²) in [5.74, 6) is -2.13. The average Bonchev–Trinajstić information content (AvgIpc) is 2.35. The summed E-state index contributed by atoms with van der Waals surface area (Å²) in [6, 6.07) is 1.08. The third-order valence-corrected chi connectivity index (χ3v) is 2.06. The number of rotatable bonds is 4. The Hall–Kier alpha value is -2.03. The summed E-state index contributed by atoms with van der Waals surface area (Å²) in [4.78, 5) is 14.9.